The Kier molecular flexibility index (Phi) is 11.4. The average molecular weight is 535 g/mol. The van der Waals surface area contributed by atoms with Crippen LogP contribution in [0.4, 0.5) is 40.6 Å². The second-order valence-corrected chi connectivity index (χ2v) is 9.33. The van der Waals surface area contributed by atoms with Crippen LogP contribution in [0.25, 0.3) is 0 Å². The number of nitro benzene ring substituents is 1. The van der Waals surface area contributed by atoms with Crippen molar-refractivity contribution in [3.05, 3.63) is 58.6 Å². The van der Waals surface area contributed by atoms with Gasteiger partial charge in [-0.3, -0.25) is 10.1 Å². The average Bonchev–Trinajstić information content (AvgIpc) is 2.94. The summed E-state index contributed by atoms with van der Waals surface area (Å²) in [6, 6.07) is 13.7. The Morgan fingerprint density at radius 2 is 1.56 bits per heavy atom. The highest BCUT2D eigenvalue weighted by atomic mass is 16.6. The van der Waals surface area contributed by atoms with E-state index in [1.54, 1.807) is 12.1 Å². The molecule has 12 nitrogen and oxygen atoms in total. The van der Waals surface area contributed by atoms with Crippen molar-refractivity contribution in [3.63, 3.8) is 0 Å². The van der Waals surface area contributed by atoms with Crippen LogP contribution in [-0.4, -0.2) is 46.6 Å². The lowest BCUT2D eigenvalue weighted by atomic mass is 9.99. The van der Waals surface area contributed by atoms with Crippen molar-refractivity contribution in [3.8, 4) is 0 Å². The van der Waals surface area contributed by atoms with Crippen LogP contribution in [-0.2, 0) is 0 Å². The van der Waals surface area contributed by atoms with Crippen LogP contribution in [0.5, 0.6) is 0 Å². The van der Waals surface area contributed by atoms with E-state index < -0.39 is 4.92 Å². The smallest absolute Gasteiger partial charge is 0.269 e. The molecular weight excluding hydrogens is 496 g/mol. The number of azo groups is 1. The molecule has 0 saturated carbocycles. The topological polar surface area (TPSA) is 160 Å². The van der Waals surface area contributed by atoms with E-state index >= 15 is 0 Å². The highest BCUT2D eigenvalue weighted by molar-refractivity contribution is 5.52. The number of nitrogens with two attached hydrogens (primary N) is 1. The number of non-ortho nitro benzene ring substituents is 1. The first-order chi connectivity index (χ1) is 18.9. The summed E-state index contributed by atoms with van der Waals surface area (Å²) in [6.45, 7) is 6.74. The van der Waals surface area contributed by atoms with Crippen LogP contribution in [0.3, 0.4) is 0 Å². The molecule has 1 aromatic heterocycles. The molecule has 4 N–H and O–H groups in total. The van der Waals surface area contributed by atoms with E-state index in [1.165, 1.54) is 31.4 Å². The van der Waals surface area contributed by atoms with Gasteiger partial charge in [0.1, 0.15) is 0 Å². The van der Waals surface area contributed by atoms with Crippen molar-refractivity contribution in [1.82, 2.24) is 15.0 Å². The second-order valence-electron chi connectivity index (χ2n) is 9.33. The lowest BCUT2D eigenvalue weighted by Gasteiger charge is -2.19. The molecule has 3 rings (SSSR count). The summed E-state index contributed by atoms with van der Waals surface area (Å²) < 4.78 is 0. The molecule has 0 aliphatic heterocycles. The van der Waals surface area contributed by atoms with Crippen LogP contribution in [0.2, 0.25) is 0 Å². The third-order valence-corrected chi connectivity index (χ3v) is 6.33. The quantitative estimate of drug-likeness (QED) is 0.0823. The van der Waals surface area contributed by atoms with Crippen molar-refractivity contribution in [2.45, 2.75) is 46.0 Å². The molecule has 2 aromatic carbocycles. The predicted octanol–water partition coefficient (Wildman–Crippen LogP) is 6.34. The van der Waals surface area contributed by atoms with Gasteiger partial charge < -0.3 is 21.3 Å². The molecule has 0 bridgehead atoms. The van der Waals surface area contributed by atoms with E-state index in [0.29, 0.717) is 35.7 Å². The molecule has 12 heteroatoms. The van der Waals surface area contributed by atoms with Crippen molar-refractivity contribution in [2.75, 3.05) is 47.9 Å². The van der Waals surface area contributed by atoms with Crippen LogP contribution < -0.4 is 21.3 Å². The Bertz CT molecular complexity index is 1200. The number of anilines is 4. The van der Waals surface area contributed by atoms with Gasteiger partial charge in [0, 0.05) is 44.5 Å². The molecule has 208 valence electrons. The Morgan fingerprint density at radius 3 is 2.15 bits per heavy atom. The van der Waals surface area contributed by atoms with Gasteiger partial charge in [0.25, 0.3) is 5.69 Å². The summed E-state index contributed by atoms with van der Waals surface area (Å²) in [5, 5.41) is 25.7. The zero-order valence-corrected chi connectivity index (χ0v) is 22.9. The number of unbranched alkanes of at least 4 members (excludes halogenated alkanes) is 1. The lowest BCUT2D eigenvalue weighted by Crippen LogP contribution is -2.21. The first-order valence-electron chi connectivity index (χ1n) is 13.3. The first-order valence-corrected chi connectivity index (χ1v) is 13.3. The largest absolute Gasteiger partial charge is 0.375 e. The third kappa shape index (κ3) is 9.80. The van der Waals surface area contributed by atoms with Crippen LogP contribution in [0, 0.1) is 16.0 Å². The molecule has 0 aliphatic rings. The van der Waals surface area contributed by atoms with Gasteiger partial charge in [-0.2, -0.15) is 25.2 Å². The molecule has 1 unspecified atom stereocenters. The highest BCUT2D eigenvalue weighted by Crippen LogP contribution is 2.23. The lowest BCUT2D eigenvalue weighted by molar-refractivity contribution is -0.384. The Morgan fingerprint density at radius 1 is 0.949 bits per heavy atom. The van der Waals surface area contributed by atoms with Crippen LogP contribution in [0.1, 0.15) is 46.0 Å². The number of rotatable bonds is 16. The summed E-state index contributed by atoms with van der Waals surface area (Å²) in [5.41, 5.74) is 8.22. The maximum atomic E-state index is 10.8. The molecule has 0 spiro atoms. The fraction of sp³-hybridized carbons (Fsp3) is 0.444. The number of aromatic nitrogens is 3. The molecule has 1 atom stereocenters. The molecule has 0 amide bonds. The van der Waals surface area contributed by atoms with E-state index in [2.05, 4.69) is 54.6 Å². The van der Waals surface area contributed by atoms with Gasteiger partial charge in [-0.25, -0.2) is 0 Å². The van der Waals surface area contributed by atoms with Gasteiger partial charge in [-0.05, 0) is 55.2 Å². The van der Waals surface area contributed by atoms with Crippen molar-refractivity contribution in [2.24, 2.45) is 16.1 Å². The molecule has 0 aliphatic carbocycles. The minimum Gasteiger partial charge on any atom is -0.375 e. The summed E-state index contributed by atoms with van der Waals surface area (Å²) >= 11 is 0. The minimum atomic E-state index is -0.444. The summed E-state index contributed by atoms with van der Waals surface area (Å²) in [4.78, 5) is 25.4. The number of benzene rings is 2. The van der Waals surface area contributed by atoms with E-state index in [4.69, 9.17) is 5.73 Å². The number of nitro groups is 1. The fourth-order valence-corrected chi connectivity index (χ4v) is 3.91. The number of nitrogen functional groups attached to an aromatic ring is 1. The SMILES string of the molecule is CCCCC(CC)CNc1nc(N)nc(NCCCN(C)c2ccc(N=Nc3ccc([N+](=O)[O-])cc3)cc2)n1. The Labute approximate surface area is 229 Å². The highest BCUT2D eigenvalue weighted by Gasteiger charge is 2.09. The molecule has 0 fully saturated rings. The Hall–Kier alpha value is -4.35. The third-order valence-electron chi connectivity index (χ3n) is 6.33. The number of nitrogens with zero attached hydrogens (tertiary/aromatic N) is 7. The molecule has 0 radical (unpaired) electrons. The monoisotopic (exact) mass is 534 g/mol. The van der Waals surface area contributed by atoms with Crippen molar-refractivity contribution >= 4 is 40.6 Å². The number of hydrogen-bond acceptors (Lipinski definition) is 11. The molecular formula is C27H38N10O2. The van der Waals surface area contributed by atoms with Gasteiger partial charge in [-0.15, -0.1) is 0 Å². The molecule has 1 heterocycles. The summed E-state index contributed by atoms with van der Waals surface area (Å²) in [5.74, 6) is 1.75. The van der Waals surface area contributed by atoms with E-state index in [1.807, 2.05) is 31.3 Å². The first kappa shape index (κ1) is 29.2. The Balaban J connectivity index is 1.44. The number of nitrogens with one attached hydrogen (secondary N) is 2. The standard InChI is InChI=1S/C27H38N10O2/c1-4-6-8-20(5-2)19-30-27-32-25(28)31-26(33-27)29-17-7-18-36(3)23-13-9-21(10-14-23)34-35-22-11-15-24(16-12-22)37(38)39/h9-16,20H,4-8,17-19H2,1-3H3,(H4,28,29,30,31,32,33). The second kappa shape index (κ2) is 15.2. The van der Waals surface area contributed by atoms with Crippen molar-refractivity contribution < 1.29 is 4.92 Å². The van der Waals surface area contributed by atoms with Gasteiger partial charge in [0.2, 0.25) is 17.8 Å². The summed E-state index contributed by atoms with van der Waals surface area (Å²) in [6.07, 6.45) is 5.58. The maximum Gasteiger partial charge on any atom is 0.269 e. The van der Waals surface area contributed by atoms with Crippen molar-refractivity contribution in [1.29, 1.82) is 0 Å². The van der Waals surface area contributed by atoms with Crippen LogP contribution in [0.15, 0.2) is 58.8 Å². The molecule has 3 aromatic rings. The minimum absolute atomic E-state index is 0.0222. The zero-order chi connectivity index (χ0) is 28.0. The predicted molar refractivity (Wildman–Crippen MR) is 156 cm³/mol. The zero-order valence-electron chi connectivity index (χ0n) is 22.9. The molecule has 39 heavy (non-hydrogen) atoms. The molecule has 0 saturated heterocycles. The fourth-order valence-electron chi connectivity index (χ4n) is 3.91. The van der Waals surface area contributed by atoms with Gasteiger partial charge in [-0.1, -0.05) is 33.1 Å². The maximum absolute atomic E-state index is 10.8. The van der Waals surface area contributed by atoms with E-state index in [-0.39, 0.29) is 11.6 Å². The normalized spacial score (nSPS) is 11.9. The summed E-state index contributed by atoms with van der Waals surface area (Å²) in [7, 11) is 2.03. The van der Waals surface area contributed by atoms with Gasteiger partial charge in [0.05, 0.1) is 16.3 Å². The van der Waals surface area contributed by atoms with Gasteiger partial charge >= 0.3 is 0 Å². The van der Waals surface area contributed by atoms with E-state index in [0.717, 1.165) is 31.6 Å². The van der Waals surface area contributed by atoms with Crippen LogP contribution >= 0.6 is 0 Å². The number of hydrogen-bond donors (Lipinski definition) is 3. The van der Waals surface area contributed by atoms with E-state index in [9.17, 15) is 10.1 Å². The van der Waals surface area contributed by atoms with Gasteiger partial charge in [0.15, 0.2) is 0 Å².